The number of benzene rings is 1. The maximum atomic E-state index is 13.7. The quantitative estimate of drug-likeness (QED) is 0.878. The summed E-state index contributed by atoms with van der Waals surface area (Å²) in [5.74, 6) is 0.864. The van der Waals surface area contributed by atoms with E-state index in [0.717, 1.165) is 5.56 Å². The first-order valence-electron chi connectivity index (χ1n) is 6.33. The third kappa shape index (κ3) is 3.64. The van der Waals surface area contributed by atoms with Crippen molar-refractivity contribution in [1.82, 2.24) is 9.97 Å². The number of nitrogens with two attached hydrogens (primary N) is 1. The number of nitrogens with one attached hydrogen (secondary N) is 1. The summed E-state index contributed by atoms with van der Waals surface area (Å²) >= 11 is 0. The van der Waals surface area contributed by atoms with Crippen LogP contribution in [0.5, 0.6) is 0 Å². The van der Waals surface area contributed by atoms with Gasteiger partial charge in [-0.15, -0.1) is 0 Å². The molecule has 0 saturated carbocycles. The predicted molar refractivity (Wildman–Crippen MR) is 76.2 cm³/mol. The molecule has 1 aromatic carbocycles. The average molecular weight is 276 g/mol. The maximum absolute atomic E-state index is 13.7. The van der Waals surface area contributed by atoms with Gasteiger partial charge in [0.2, 0.25) is 0 Å². The molecule has 0 radical (unpaired) electrons. The average Bonchev–Trinajstić information content (AvgIpc) is 2.40. The van der Waals surface area contributed by atoms with E-state index in [1.165, 1.54) is 6.07 Å². The van der Waals surface area contributed by atoms with Gasteiger partial charge in [0.25, 0.3) is 0 Å². The second-order valence-electron chi connectivity index (χ2n) is 4.34. The van der Waals surface area contributed by atoms with Crippen LogP contribution < -0.4 is 11.1 Å². The second-order valence-corrected chi connectivity index (χ2v) is 4.34. The Morgan fingerprint density at radius 2 is 2.10 bits per heavy atom. The Morgan fingerprint density at radius 3 is 2.85 bits per heavy atom. The van der Waals surface area contributed by atoms with Crippen molar-refractivity contribution >= 4 is 17.3 Å². The number of aryl methyl sites for hydroxylation is 1. The van der Waals surface area contributed by atoms with E-state index in [4.69, 9.17) is 10.5 Å². The predicted octanol–water partition coefficient (Wildman–Crippen LogP) is 2.79. The highest BCUT2D eigenvalue weighted by molar-refractivity contribution is 5.59. The molecule has 0 saturated heterocycles. The smallest absolute Gasteiger partial charge is 0.158 e. The van der Waals surface area contributed by atoms with Crippen LogP contribution in [-0.4, -0.2) is 16.6 Å². The molecule has 0 spiro atoms. The molecule has 2 rings (SSSR count). The summed E-state index contributed by atoms with van der Waals surface area (Å²) in [6, 6.07) is 6.37. The molecule has 106 valence electrons. The third-order valence-corrected chi connectivity index (χ3v) is 2.61. The molecule has 1 aromatic heterocycles. The van der Waals surface area contributed by atoms with Crippen molar-refractivity contribution < 1.29 is 9.13 Å². The molecule has 5 nitrogen and oxygen atoms in total. The fourth-order valence-corrected chi connectivity index (χ4v) is 1.71. The monoisotopic (exact) mass is 276 g/mol. The van der Waals surface area contributed by atoms with E-state index in [2.05, 4.69) is 15.3 Å². The van der Waals surface area contributed by atoms with E-state index < -0.39 is 0 Å². The van der Waals surface area contributed by atoms with Gasteiger partial charge in [-0.05, 0) is 31.5 Å². The molecule has 3 N–H and O–H groups in total. The first kappa shape index (κ1) is 14.2. The van der Waals surface area contributed by atoms with Crippen LogP contribution in [-0.2, 0) is 11.3 Å². The molecule has 1 heterocycles. The molecular formula is C14H17FN4O. The van der Waals surface area contributed by atoms with Gasteiger partial charge in [-0.25, -0.2) is 14.4 Å². The van der Waals surface area contributed by atoms with Crippen LogP contribution in [0.15, 0.2) is 24.3 Å². The number of hydrogen-bond acceptors (Lipinski definition) is 5. The number of ether oxygens (including phenoxy) is 1. The van der Waals surface area contributed by atoms with E-state index in [0.29, 0.717) is 29.8 Å². The van der Waals surface area contributed by atoms with Gasteiger partial charge < -0.3 is 15.8 Å². The largest absolute Gasteiger partial charge is 0.384 e. The Hall–Kier alpha value is -2.21. The van der Waals surface area contributed by atoms with E-state index >= 15 is 0 Å². The van der Waals surface area contributed by atoms with Crippen LogP contribution in [0.4, 0.5) is 21.7 Å². The lowest BCUT2D eigenvalue weighted by Gasteiger charge is -2.10. The summed E-state index contributed by atoms with van der Waals surface area (Å²) in [5.41, 5.74) is 7.01. The highest BCUT2D eigenvalue weighted by Gasteiger charge is 2.07. The first-order valence-corrected chi connectivity index (χ1v) is 6.33. The highest BCUT2D eigenvalue weighted by Crippen LogP contribution is 2.21. The molecule has 0 bridgehead atoms. The lowest BCUT2D eigenvalue weighted by molar-refractivity contribution is 0.128. The molecule has 0 atom stereocenters. The maximum Gasteiger partial charge on any atom is 0.158 e. The van der Waals surface area contributed by atoms with Crippen LogP contribution in [0.3, 0.4) is 0 Å². The molecule has 20 heavy (non-hydrogen) atoms. The number of hydrogen-bond donors (Lipinski definition) is 2. The summed E-state index contributed by atoms with van der Waals surface area (Å²) in [4.78, 5) is 8.30. The number of aromatic nitrogens is 2. The summed E-state index contributed by atoms with van der Waals surface area (Å²) < 4.78 is 18.9. The van der Waals surface area contributed by atoms with Crippen LogP contribution >= 0.6 is 0 Å². The zero-order valence-electron chi connectivity index (χ0n) is 11.5. The van der Waals surface area contributed by atoms with E-state index in [1.54, 1.807) is 18.2 Å². The standard InChI is InChI=1S/C14H17FN4O/c1-3-20-8-14-18-12(16)7-13(19-14)17-11-6-9(2)4-5-10(11)15/h4-7H,3,8H2,1-2H3,(H3,16,17,18,19). The van der Waals surface area contributed by atoms with Crippen molar-refractivity contribution in [3.05, 3.63) is 41.5 Å². The van der Waals surface area contributed by atoms with Crippen LogP contribution in [0.2, 0.25) is 0 Å². The Labute approximate surface area is 117 Å². The van der Waals surface area contributed by atoms with Gasteiger partial charge in [0.1, 0.15) is 24.1 Å². The van der Waals surface area contributed by atoms with Gasteiger partial charge in [-0.1, -0.05) is 6.07 Å². The SMILES string of the molecule is CCOCc1nc(N)cc(Nc2cc(C)ccc2F)n1. The van der Waals surface area contributed by atoms with E-state index in [1.807, 2.05) is 13.8 Å². The number of rotatable bonds is 5. The number of nitrogens with zero attached hydrogens (tertiary/aromatic N) is 2. The van der Waals surface area contributed by atoms with Gasteiger partial charge in [0, 0.05) is 12.7 Å². The number of halogens is 1. The molecule has 0 unspecified atom stereocenters. The Morgan fingerprint density at radius 1 is 1.30 bits per heavy atom. The van der Waals surface area contributed by atoms with Crippen molar-refractivity contribution in [3.8, 4) is 0 Å². The molecule has 6 heteroatoms. The summed E-state index contributed by atoms with van der Waals surface area (Å²) in [6.45, 7) is 4.60. The Bertz CT molecular complexity index is 604. The molecular weight excluding hydrogens is 259 g/mol. The molecule has 2 aromatic rings. The van der Waals surface area contributed by atoms with Crippen molar-refractivity contribution in [2.45, 2.75) is 20.5 Å². The topological polar surface area (TPSA) is 73.1 Å². The van der Waals surface area contributed by atoms with Crippen molar-refractivity contribution in [3.63, 3.8) is 0 Å². The molecule has 0 fully saturated rings. The van der Waals surface area contributed by atoms with E-state index in [-0.39, 0.29) is 12.4 Å². The normalized spacial score (nSPS) is 10.6. The lowest BCUT2D eigenvalue weighted by Crippen LogP contribution is -2.06. The van der Waals surface area contributed by atoms with E-state index in [9.17, 15) is 4.39 Å². The van der Waals surface area contributed by atoms with Crippen LogP contribution in [0.1, 0.15) is 18.3 Å². The molecule has 0 aliphatic carbocycles. The van der Waals surface area contributed by atoms with Gasteiger partial charge in [-0.2, -0.15) is 0 Å². The summed E-state index contributed by atoms with van der Waals surface area (Å²) in [6.07, 6.45) is 0. The minimum Gasteiger partial charge on any atom is -0.384 e. The van der Waals surface area contributed by atoms with Crippen LogP contribution in [0.25, 0.3) is 0 Å². The zero-order valence-corrected chi connectivity index (χ0v) is 11.5. The fraction of sp³-hybridized carbons (Fsp3) is 0.286. The lowest BCUT2D eigenvalue weighted by atomic mass is 10.2. The molecule has 0 aliphatic heterocycles. The minimum absolute atomic E-state index is 0.270. The van der Waals surface area contributed by atoms with Crippen molar-refractivity contribution in [2.75, 3.05) is 17.7 Å². The molecule has 0 aliphatic rings. The zero-order chi connectivity index (χ0) is 14.5. The summed E-state index contributed by atoms with van der Waals surface area (Å²) in [5, 5.41) is 2.91. The van der Waals surface area contributed by atoms with Crippen LogP contribution in [0, 0.1) is 12.7 Å². The van der Waals surface area contributed by atoms with Crippen molar-refractivity contribution in [1.29, 1.82) is 0 Å². The molecule has 0 amide bonds. The van der Waals surface area contributed by atoms with Gasteiger partial charge >= 0.3 is 0 Å². The summed E-state index contributed by atoms with van der Waals surface area (Å²) in [7, 11) is 0. The Kier molecular flexibility index (Phi) is 4.47. The van der Waals surface area contributed by atoms with Gasteiger partial charge in [0.05, 0.1) is 5.69 Å². The third-order valence-electron chi connectivity index (χ3n) is 2.61. The highest BCUT2D eigenvalue weighted by atomic mass is 19.1. The minimum atomic E-state index is -0.348. The van der Waals surface area contributed by atoms with Crippen molar-refractivity contribution in [2.24, 2.45) is 0 Å². The van der Waals surface area contributed by atoms with Gasteiger partial charge in [-0.3, -0.25) is 0 Å². The van der Waals surface area contributed by atoms with Gasteiger partial charge in [0.15, 0.2) is 5.82 Å². The Balaban J connectivity index is 2.24. The number of anilines is 3. The number of nitrogen functional groups attached to an aromatic ring is 1. The fourth-order valence-electron chi connectivity index (χ4n) is 1.71. The first-order chi connectivity index (χ1) is 9.58. The second kappa shape index (κ2) is 6.29.